The third-order valence-corrected chi connectivity index (χ3v) is 4.49. The zero-order chi connectivity index (χ0) is 17.2. The maximum atomic E-state index is 12.2. The van der Waals surface area contributed by atoms with E-state index < -0.39 is 11.5 Å². The number of aromatic nitrogens is 3. The number of nitrogens with zero attached hydrogens (tertiary/aromatic N) is 3. The standard InChI is InChI=1S/C16H20N4O4/c21-13(17-16(11-14(22)23)7-2-3-8-16)6-10-20-15(24)19-9-4-1-5-12(19)18-20/h1,4-5,9H,2-3,6-8,10-11H2,(H,17,21)(H,22,23). The molecule has 0 spiro atoms. The Balaban J connectivity index is 1.65. The minimum atomic E-state index is -0.909. The summed E-state index contributed by atoms with van der Waals surface area (Å²) in [6, 6.07) is 5.25. The molecule has 24 heavy (non-hydrogen) atoms. The number of carbonyl (C=O) groups is 2. The van der Waals surface area contributed by atoms with Crippen molar-refractivity contribution in [2.45, 2.75) is 50.6 Å². The summed E-state index contributed by atoms with van der Waals surface area (Å²) in [5.74, 6) is -1.16. The van der Waals surface area contributed by atoms with Crippen molar-refractivity contribution in [1.82, 2.24) is 19.5 Å². The highest BCUT2D eigenvalue weighted by atomic mass is 16.4. The molecule has 1 aliphatic carbocycles. The number of carboxylic acid groups (broad SMARTS) is 1. The smallest absolute Gasteiger partial charge is 0.350 e. The van der Waals surface area contributed by atoms with Crippen LogP contribution in [0.3, 0.4) is 0 Å². The Morgan fingerprint density at radius 3 is 2.71 bits per heavy atom. The van der Waals surface area contributed by atoms with Crippen LogP contribution in [0, 0.1) is 0 Å². The van der Waals surface area contributed by atoms with Crippen LogP contribution in [0.5, 0.6) is 0 Å². The molecule has 1 saturated carbocycles. The number of fused-ring (bicyclic) bond motifs is 1. The number of nitrogens with one attached hydrogen (secondary N) is 1. The molecule has 0 atom stereocenters. The first-order valence-corrected chi connectivity index (χ1v) is 8.06. The Morgan fingerprint density at radius 1 is 1.29 bits per heavy atom. The van der Waals surface area contributed by atoms with Gasteiger partial charge < -0.3 is 10.4 Å². The molecule has 2 heterocycles. The highest BCUT2D eigenvalue weighted by molar-refractivity contribution is 5.78. The number of amides is 1. The predicted molar refractivity (Wildman–Crippen MR) is 85.7 cm³/mol. The summed E-state index contributed by atoms with van der Waals surface area (Å²) in [4.78, 5) is 35.4. The number of carboxylic acids is 1. The maximum Gasteiger partial charge on any atom is 0.350 e. The molecule has 1 aliphatic rings. The minimum absolute atomic E-state index is 0.0624. The number of aryl methyl sites for hydroxylation is 1. The molecule has 8 heteroatoms. The summed E-state index contributed by atoms with van der Waals surface area (Å²) in [6.45, 7) is 0.162. The molecule has 1 fully saturated rings. The Bertz CT molecular complexity index is 817. The van der Waals surface area contributed by atoms with Crippen LogP contribution in [0.25, 0.3) is 5.65 Å². The van der Waals surface area contributed by atoms with Gasteiger partial charge in [-0.05, 0) is 25.0 Å². The van der Waals surface area contributed by atoms with Crippen LogP contribution < -0.4 is 11.0 Å². The second kappa shape index (κ2) is 6.46. The number of pyridine rings is 1. The first-order valence-electron chi connectivity index (χ1n) is 8.06. The number of hydrogen-bond donors (Lipinski definition) is 2. The quantitative estimate of drug-likeness (QED) is 0.813. The van der Waals surface area contributed by atoms with Crippen LogP contribution in [0.15, 0.2) is 29.2 Å². The molecule has 0 aliphatic heterocycles. The Morgan fingerprint density at radius 2 is 2.04 bits per heavy atom. The first kappa shape index (κ1) is 16.2. The van der Waals surface area contributed by atoms with Gasteiger partial charge in [0.1, 0.15) is 0 Å². The van der Waals surface area contributed by atoms with Crippen LogP contribution in [-0.4, -0.2) is 36.7 Å². The number of carbonyl (C=O) groups excluding carboxylic acids is 1. The molecule has 0 saturated heterocycles. The number of rotatable bonds is 6. The number of hydrogen-bond acceptors (Lipinski definition) is 4. The number of aliphatic carboxylic acids is 1. The van der Waals surface area contributed by atoms with E-state index in [9.17, 15) is 14.4 Å². The lowest BCUT2D eigenvalue weighted by Crippen LogP contribution is -2.48. The third-order valence-electron chi connectivity index (χ3n) is 4.49. The van der Waals surface area contributed by atoms with Crippen molar-refractivity contribution in [3.63, 3.8) is 0 Å². The fraction of sp³-hybridized carbons (Fsp3) is 0.500. The van der Waals surface area contributed by atoms with Crippen molar-refractivity contribution in [3.8, 4) is 0 Å². The molecule has 0 bridgehead atoms. The fourth-order valence-corrected chi connectivity index (χ4v) is 3.37. The van der Waals surface area contributed by atoms with E-state index in [1.54, 1.807) is 24.4 Å². The zero-order valence-corrected chi connectivity index (χ0v) is 13.3. The normalized spacial score (nSPS) is 16.3. The van der Waals surface area contributed by atoms with E-state index in [2.05, 4.69) is 10.4 Å². The molecule has 0 radical (unpaired) electrons. The van der Waals surface area contributed by atoms with E-state index in [1.165, 1.54) is 9.08 Å². The van der Waals surface area contributed by atoms with Crippen molar-refractivity contribution < 1.29 is 14.7 Å². The Hall–Kier alpha value is -2.64. The van der Waals surface area contributed by atoms with Gasteiger partial charge >= 0.3 is 11.7 Å². The lowest BCUT2D eigenvalue weighted by molar-refractivity contribution is -0.139. The molecule has 128 valence electrons. The molecular weight excluding hydrogens is 312 g/mol. The second-order valence-electron chi connectivity index (χ2n) is 6.29. The lowest BCUT2D eigenvalue weighted by Gasteiger charge is -2.28. The van der Waals surface area contributed by atoms with Gasteiger partial charge in [-0.15, -0.1) is 5.10 Å². The van der Waals surface area contributed by atoms with E-state index in [4.69, 9.17) is 5.11 Å². The zero-order valence-electron chi connectivity index (χ0n) is 13.3. The summed E-state index contributed by atoms with van der Waals surface area (Å²) < 4.78 is 2.67. The van der Waals surface area contributed by atoms with Crippen molar-refractivity contribution >= 4 is 17.5 Å². The van der Waals surface area contributed by atoms with E-state index in [0.717, 1.165) is 12.8 Å². The van der Waals surface area contributed by atoms with Crippen LogP contribution in [-0.2, 0) is 16.1 Å². The molecule has 8 nitrogen and oxygen atoms in total. The first-order chi connectivity index (χ1) is 11.5. The molecule has 2 aromatic rings. The highest BCUT2D eigenvalue weighted by Crippen LogP contribution is 2.32. The van der Waals surface area contributed by atoms with E-state index in [0.29, 0.717) is 18.5 Å². The molecule has 0 unspecified atom stereocenters. The molecule has 2 N–H and O–H groups in total. The molecule has 1 amide bonds. The van der Waals surface area contributed by atoms with E-state index in [-0.39, 0.29) is 31.0 Å². The fourth-order valence-electron chi connectivity index (χ4n) is 3.37. The summed E-state index contributed by atoms with van der Waals surface area (Å²) in [5, 5.41) is 16.1. The van der Waals surface area contributed by atoms with Gasteiger partial charge in [0.15, 0.2) is 5.65 Å². The average molecular weight is 332 g/mol. The molecule has 2 aromatic heterocycles. The summed E-state index contributed by atoms with van der Waals surface area (Å²) in [5.41, 5.74) is -0.409. The van der Waals surface area contributed by atoms with Crippen LogP contribution in [0.2, 0.25) is 0 Å². The van der Waals surface area contributed by atoms with Crippen LogP contribution in [0.4, 0.5) is 0 Å². The van der Waals surface area contributed by atoms with Gasteiger partial charge in [-0.25, -0.2) is 9.48 Å². The van der Waals surface area contributed by atoms with Crippen molar-refractivity contribution in [1.29, 1.82) is 0 Å². The summed E-state index contributed by atoms with van der Waals surface area (Å²) in [7, 11) is 0. The van der Waals surface area contributed by atoms with Gasteiger partial charge in [0.2, 0.25) is 5.91 Å². The molecular formula is C16H20N4O4. The van der Waals surface area contributed by atoms with Crippen molar-refractivity contribution in [2.24, 2.45) is 0 Å². The highest BCUT2D eigenvalue weighted by Gasteiger charge is 2.37. The minimum Gasteiger partial charge on any atom is -0.481 e. The summed E-state index contributed by atoms with van der Waals surface area (Å²) >= 11 is 0. The maximum absolute atomic E-state index is 12.2. The molecule has 3 rings (SSSR count). The SMILES string of the molecule is O=C(O)CC1(NC(=O)CCn2nc3ccccn3c2=O)CCCC1. The van der Waals surface area contributed by atoms with E-state index in [1.807, 2.05) is 0 Å². The predicted octanol–water partition coefficient (Wildman–Crippen LogP) is 0.790. The van der Waals surface area contributed by atoms with E-state index >= 15 is 0 Å². The molecule has 0 aromatic carbocycles. The second-order valence-corrected chi connectivity index (χ2v) is 6.29. The average Bonchev–Trinajstić information content (AvgIpc) is 3.10. The monoisotopic (exact) mass is 332 g/mol. The van der Waals surface area contributed by atoms with Crippen molar-refractivity contribution in [3.05, 3.63) is 34.9 Å². The third kappa shape index (κ3) is 3.32. The van der Waals surface area contributed by atoms with Gasteiger partial charge in [-0.3, -0.25) is 14.0 Å². The Kier molecular flexibility index (Phi) is 4.37. The van der Waals surface area contributed by atoms with Crippen LogP contribution >= 0.6 is 0 Å². The van der Waals surface area contributed by atoms with Gasteiger partial charge in [-0.2, -0.15) is 0 Å². The Labute approximate surface area is 138 Å². The van der Waals surface area contributed by atoms with Crippen LogP contribution in [0.1, 0.15) is 38.5 Å². The topological polar surface area (TPSA) is 106 Å². The lowest BCUT2D eigenvalue weighted by atomic mass is 9.93. The van der Waals surface area contributed by atoms with Gasteiger partial charge in [0, 0.05) is 12.6 Å². The largest absolute Gasteiger partial charge is 0.481 e. The van der Waals surface area contributed by atoms with Gasteiger partial charge in [0.25, 0.3) is 0 Å². The van der Waals surface area contributed by atoms with Crippen molar-refractivity contribution in [2.75, 3.05) is 0 Å². The van der Waals surface area contributed by atoms with Gasteiger partial charge in [0.05, 0.1) is 18.5 Å². The van der Waals surface area contributed by atoms with Gasteiger partial charge in [-0.1, -0.05) is 18.9 Å². The summed E-state index contributed by atoms with van der Waals surface area (Å²) in [6.07, 6.45) is 4.84.